The number of para-hydroxylation sites is 4. The van der Waals surface area contributed by atoms with Crippen LogP contribution in [0.15, 0.2) is 128 Å². The van der Waals surface area contributed by atoms with Crippen molar-refractivity contribution in [2.75, 3.05) is 16.5 Å². The number of halogens is 1. The molecule has 9 rings (SSSR count). The molecule has 1 aliphatic rings. The summed E-state index contributed by atoms with van der Waals surface area (Å²) in [4.78, 5) is 9.07. The molecule has 0 atom stereocenters. The summed E-state index contributed by atoms with van der Waals surface area (Å²) in [5.41, 5.74) is 15.4. The molecule has 0 fully saturated rings. The number of aromatic nitrogens is 2. The zero-order valence-corrected chi connectivity index (χ0v) is 31.4. The van der Waals surface area contributed by atoms with Crippen LogP contribution in [0.3, 0.4) is 0 Å². The van der Waals surface area contributed by atoms with Crippen LogP contribution in [0.1, 0.15) is 33.4 Å². The van der Waals surface area contributed by atoms with Crippen LogP contribution in [0.2, 0.25) is 0 Å². The number of fused-ring (bicyclic) bond motifs is 4. The van der Waals surface area contributed by atoms with Gasteiger partial charge in [0, 0.05) is 34.8 Å². The van der Waals surface area contributed by atoms with Gasteiger partial charge in [-0.1, -0.05) is 42.5 Å². The van der Waals surface area contributed by atoms with Gasteiger partial charge in [0.05, 0.1) is 28.1 Å². The molecule has 0 bridgehead atoms. The van der Waals surface area contributed by atoms with E-state index in [1.807, 2.05) is 41.4 Å². The molecule has 8 aromatic rings. The maximum atomic E-state index is 15.3. The quantitative estimate of drug-likeness (QED) is 0.172. The molecule has 5 nitrogen and oxygen atoms in total. The minimum Gasteiger partial charge on any atom is -0.457 e. The molecule has 0 spiro atoms. The van der Waals surface area contributed by atoms with E-state index in [0.717, 1.165) is 67.3 Å². The third-order valence-electron chi connectivity index (χ3n) is 11.4. The smallest absolute Gasteiger partial charge is 0.146 e. The van der Waals surface area contributed by atoms with Crippen molar-refractivity contribution in [2.24, 2.45) is 0 Å². The monoisotopic (exact) mass is 708 g/mol. The van der Waals surface area contributed by atoms with Crippen LogP contribution in [0, 0.1) is 47.4 Å². The lowest BCUT2D eigenvalue weighted by Gasteiger charge is -2.25. The van der Waals surface area contributed by atoms with Gasteiger partial charge in [-0.15, -0.1) is 0 Å². The van der Waals surface area contributed by atoms with E-state index in [2.05, 4.69) is 130 Å². The lowest BCUT2D eigenvalue weighted by Crippen LogP contribution is -2.24. The van der Waals surface area contributed by atoms with Crippen LogP contribution < -0.4 is 14.5 Å². The molecular formula is C48H41FN4O. The molecule has 0 saturated heterocycles. The van der Waals surface area contributed by atoms with Crippen molar-refractivity contribution in [3.05, 3.63) is 167 Å². The molecule has 0 aliphatic carbocycles. The zero-order chi connectivity index (χ0) is 37.2. The molecule has 3 heterocycles. The Morgan fingerprint density at radius 1 is 0.556 bits per heavy atom. The molecule has 0 radical (unpaired) electrons. The highest BCUT2D eigenvalue weighted by atomic mass is 19.1. The number of ether oxygens (including phenoxy) is 1. The van der Waals surface area contributed by atoms with Gasteiger partial charge >= 0.3 is 0 Å². The van der Waals surface area contributed by atoms with Gasteiger partial charge < -0.3 is 14.5 Å². The van der Waals surface area contributed by atoms with Gasteiger partial charge in [0.2, 0.25) is 0 Å². The lowest BCUT2D eigenvalue weighted by molar-refractivity contribution is 0.483. The molecule has 6 aromatic carbocycles. The Bertz CT molecular complexity index is 2750. The predicted octanol–water partition coefficient (Wildman–Crippen LogP) is 12.9. The van der Waals surface area contributed by atoms with Crippen molar-refractivity contribution in [1.29, 1.82) is 0 Å². The van der Waals surface area contributed by atoms with Crippen LogP contribution in [0.4, 0.5) is 27.1 Å². The standard InChI is InChI=1S/C48H41FN4O/c1-29-21-22-50-47(23-29)53-42-15-9-7-13-39(42)40-20-19-37(27-46(40)53)54-38-25-35(48-33(5)31(3)30(2)32(4)34(48)6)24-36(26-38)51-28-52(43-16-10-8-14-41(43)49)45-18-12-11-17-44(45)51/h7-27H,28H2,1-6H3. The summed E-state index contributed by atoms with van der Waals surface area (Å²) in [6.45, 7) is 13.6. The minimum atomic E-state index is -0.252. The normalized spacial score (nSPS) is 12.6. The first-order valence-electron chi connectivity index (χ1n) is 18.4. The van der Waals surface area contributed by atoms with E-state index in [-0.39, 0.29) is 5.82 Å². The van der Waals surface area contributed by atoms with Crippen LogP contribution in [0.25, 0.3) is 38.8 Å². The van der Waals surface area contributed by atoms with E-state index in [1.54, 1.807) is 6.07 Å². The van der Waals surface area contributed by atoms with Crippen LogP contribution in [-0.4, -0.2) is 16.2 Å². The molecular weight excluding hydrogens is 668 g/mol. The number of rotatable bonds is 6. The fourth-order valence-electron chi connectivity index (χ4n) is 8.23. The molecule has 2 aromatic heterocycles. The molecule has 0 N–H and O–H groups in total. The van der Waals surface area contributed by atoms with Gasteiger partial charge in [0.25, 0.3) is 0 Å². The molecule has 54 heavy (non-hydrogen) atoms. The maximum absolute atomic E-state index is 15.3. The Labute approximate surface area is 315 Å². The number of aryl methyl sites for hydroxylation is 1. The summed E-state index contributed by atoms with van der Waals surface area (Å²) in [6.07, 6.45) is 1.86. The number of anilines is 4. The van der Waals surface area contributed by atoms with E-state index in [1.165, 1.54) is 39.4 Å². The fourth-order valence-corrected chi connectivity index (χ4v) is 8.23. The highest BCUT2D eigenvalue weighted by Gasteiger charge is 2.30. The van der Waals surface area contributed by atoms with Gasteiger partial charge in [0.15, 0.2) is 0 Å². The Morgan fingerprint density at radius 3 is 1.94 bits per heavy atom. The fraction of sp³-hybridized carbons (Fsp3) is 0.146. The van der Waals surface area contributed by atoms with E-state index >= 15 is 4.39 Å². The lowest BCUT2D eigenvalue weighted by atomic mass is 9.86. The Balaban J connectivity index is 1.22. The average molecular weight is 709 g/mol. The topological polar surface area (TPSA) is 33.5 Å². The highest BCUT2D eigenvalue weighted by molar-refractivity contribution is 6.09. The van der Waals surface area contributed by atoms with Crippen molar-refractivity contribution in [3.8, 4) is 28.4 Å². The van der Waals surface area contributed by atoms with Crippen molar-refractivity contribution in [2.45, 2.75) is 41.5 Å². The second-order valence-electron chi connectivity index (χ2n) is 14.5. The molecule has 266 valence electrons. The second kappa shape index (κ2) is 12.9. The maximum Gasteiger partial charge on any atom is 0.146 e. The van der Waals surface area contributed by atoms with Crippen LogP contribution >= 0.6 is 0 Å². The first-order valence-corrected chi connectivity index (χ1v) is 18.4. The van der Waals surface area contributed by atoms with Gasteiger partial charge in [-0.2, -0.15) is 0 Å². The summed E-state index contributed by atoms with van der Waals surface area (Å²) in [5, 5.41) is 2.30. The SMILES string of the molecule is Cc1ccnc(-n2c3ccccc3c3ccc(Oc4cc(-c5c(C)c(C)c(C)c(C)c5C)cc(N5CN(c6ccccc6F)c6ccccc65)c4)cc32)c1. The van der Waals surface area contributed by atoms with Gasteiger partial charge in [-0.3, -0.25) is 4.57 Å². The summed E-state index contributed by atoms with van der Waals surface area (Å²) in [7, 11) is 0. The van der Waals surface area contributed by atoms with Crippen molar-refractivity contribution >= 4 is 44.6 Å². The Kier molecular flexibility index (Phi) is 8.00. The van der Waals surface area contributed by atoms with E-state index in [9.17, 15) is 0 Å². The number of nitrogens with zero attached hydrogens (tertiary/aromatic N) is 4. The first-order chi connectivity index (χ1) is 26.2. The van der Waals surface area contributed by atoms with E-state index in [4.69, 9.17) is 9.72 Å². The Hall–Kier alpha value is -6.40. The third kappa shape index (κ3) is 5.40. The largest absolute Gasteiger partial charge is 0.457 e. The van der Waals surface area contributed by atoms with Gasteiger partial charge in [0.1, 0.15) is 29.8 Å². The van der Waals surface area contributed by atoms with Gasteiger partial charge in [-0.05, 0) is 153 Å². The number of pyridine rings is 1. The van der Waals surface area contributed by atoms with Gasteiger partial charge in [-0.25, -0.2) is 9.37 Å². The number of benzene rings is 6. The zero-order valence-electron chi connectivity index (χ0n) is 31.4. The Morgan fingerprint density at radius 2 is 1.20 bits per heavy atom. The molecule has 0 saturated carbocycles. The summed E-state index contributed by atoms with van der Waals surface area (Å²) in [6, 6.07) is 40.6. The summed E-state index contributed by atoms with van der Waals surface area (Å²) >= 11 is 0. The number of hydrogen-bond donors (Lipinski definition) is 0. The van der Waals surface area contributed by atoms with Crippen LogP contribution in [-0.2, 0) is 0 Å². The summed E-state index contributed by atoms with van der Waals surface area (Å²) < 4.78 is 24.4. The average Bonchev–Trinajstić information content (AvgIpc) is 3.72. The van der Waals surface area contributed by atoms with Crippen molar-refractivity contribution in [3.63, 3.8) is 0 Å². The molecule has 0 unspecified atom stereocenters. The minimum absolute atomic E-state index is 0.252. The van der Waals surface area contributed by atoms with E-state index in [0.29, 0.717) is 12.4 Å². The van der Waals surface area contributed by atoms with E-state index < -0.39 is 0 Å². The first kappa shape index (κ1) is 33.4. The predicted molar refractivity (Wildman–Crippen MR) is 221 cm³/mol. The van der Waals surface area contributed by atoms with Crippen molar-refractivity contribution in [1.82, 2.24) is 9.55 Å². The highest BCUT2D eigenvalue weighted by Crippen LogP contribution is 2.47. The molecule has 6 heteroatoms. The third-order valence-corrected chi connectivity index (χ3v) is 11.4. The van der Waals surface area contributed by atoms with Crippen molar-refractivity contribution < 1.29 is 9.13 Å². The number of hydrogen-bond acceptors (Lipinski definition) is 4. The second-order valence-corrected chi connectivity index (χ2v) is 14.5. The molecule has 0 amide bonds. The summed E-state index contributed by atoms with van der Waals surface area (Å²) in [5.74, 6) is 2.06. The molecule has 1 aliphatic heterocycles. The van der Waals surface area contributed by atoms with Crippen LogP contribution in [0.5, 0.6) is 11.5 Å².